The van der Waals surface area contributed by atoms with E-state index in [0.717, 1.165) is 0 Å². The highest BCUT2D eigenvalue weighted by Crippen LogP contribution is 2.07. The predicted molar refractivity (Wildman–Crippen MR) is 54.8 cm³/mol. The van der Waals surface area contributed by atoms with E-state index in [1.54, 1.807) is 0 Å². The minimum Gasteiger partial charge on any atom is -0.462 e. The smallest absolute Gasteiger partial charge is 0.305 e. The molecule has 0 fully saturated rings. The lowest BCUT2D eigenvalue weighted by atomic mass is 10.3. The summed E-state index contributed by atoms with van der Waals surface area (Å²) in [7, 11) is 1.28. The Morgan fingerprint density at radius 1 is 0.941 bits per heavy atom. The maximum atomic E-state index is 10.8. The van der Waals surface area contributed by atoms with Crippen molar-refractivity contribution in [1.82, 2.24) is 0 Å². The summed E-state index contributed by atoms with van der Waals surface area (Å²) in [5.41, 5.74) is 0. The number of carbonyl (C=O) groups excluding carboxylic acids is 3. The van der Waals surface area contributed by atoms with Gasteiger partial charge in [0.2, 0.25) is 6.29 Å². The SMILES string of the molecule is COC(OC(C)=O)C(COC(C)=O)OC(C)=O. The number of hydrogen-bond acceptors (Lipinski definition) is 7. The molecular formula is C10H16O7. The van der Waals surface area contributed by atoms with Gasteiger partial charge in [-0.1, -0.05) is 0 Å². The number of hydrogen-bond donors (Lipinski definition) is 0. The Labute approximate surface area is 99.0 Å². The first-order valence-electron chi connectivity index (χ1n) is 4.87. The monoisotopic (exact) mass is 248 g/mol. The van der Waals surface area contributed by atoms with E-state index < -0.39 is 30.3 Å². The Hall–Kier alpha value is -1.63. The van der Waals surface area contributed by atoms with Gasteiger partial charge in [-0.15, -0.1) is 0 Å². The summed E-state index contributed by atoms with van der Waals surface area (Å²) in [4.78, 5) is 32.3. The van der Waals surface area contributed by atoms with E-state index >= 15 is 0 Å². The average Bonchev–Trinajstić information content (AvgIpc) is 2.20. The zero-order chi connectivity index (χ0) is 13.4. The lowest BCUT2D eigenvalue weighted by Gasteiger charge is -2.24. The van der Waals surface area contributed by atoms with Gasteiger partial charge in [0, 0.05) is 27.9 Å². The van der Waals surface area contributed by atoms with Crippen LogP contribution in [0.1, 0.15) is 20.8 Å². The molecule has 17 heavy (non-hydrogen) atoms. The van der Waals surface area contributed by atoms with Crippen LogP contribution >= 0.6 is 0 Å². The lowest BCUT2D eigenvalue weighted by Crippen LogP contribution is -2.39. The van der Waals surface area contributed by atoms with Gasteiger partial charge in [0.15, 0.2) is 6.10 Å². The second-order valence-electron chi connectivity index (χ2n) is 3.16. The molecule has 0 rings (SSSR count). The van der Waals surface area contributed by atoms with Crippen LogP contribution in [-0.2, 0) is 33.3 Å². The Morgan fingerprint density at radius 3 is 1.82 bits per heavy atom. The van der Waals surface area contributed by atoms with Crippen LogP contribution in [0.15, 0.2) is 0 Å². The minimum atomic E-state index is -1.12. The van der Waals surface area contributed by atoms with Gasteiger partial charge in [0.25, 0.3) is 0 Å². The topological polar surface area (TPSA) is 88.1 Å². The van der Waals surface area contributed by atoms with E-state index in [1.165, 1.54) is 27.9 Å². The van der Waals surface area contributed by atoms with Crippen molar-refractivity contribution in [1.29, 1.82) is 0 Å². The molecule has 98 valence electrons. The summed E-state index contributed by atoms with van der Waals surface area (Å²) in [5, 5.41) is 0. The molecule has 0 aromatic carbocycles. The molecule has 7 heteroatoms. The zero-order valence-electron chi connectivity index (χ0n) is 10.2. The fraction of sp³-hybridized carbons (Fsp3) is 0.700. The first-order valence-corrected chi connectivity index (χ1v) is 4.87. The van der Waals surface area contributed by atoms with Crippen LogP contribution in [-0.4, -0.2) is 44.0 Å². The summed E-state index contributed by atoms with van der Waals surface area (Å²) >= 11 is 0. The van der Waals surface area contributed by atoms with Crippen molar-refractivity contribution >= 4 is 17.9 Å². The normalized spacial score (nSPS) is 13.4. The number of carbonyl (C=O) groups is 3. The standard InChI is InChI=1S/C10H16O7/c1-6(11)15-5-9(16-7(2)12)10(14-4)17-8(3)13/h9-10H,5H2,1-4H3. The lowest BCUT2D eigenvalue weighted by molar-refractivity contribution is -0.211. The predicted octanol–water partition coefficient (Wildman–Crippen LogP) is 0.0168. The van der Waals surface area contributed by atoms with Crippen LogP contribution in [0, 0.1) is 0 Å². The highest BCUT2D eigenvalue weighted by atomic mass is 16.7. The van der Waals surface area contributed by atoms with Crippen molar-refractivity contribution < 1.29 is 33.3 Å². The molecular weight excluding hydrogens is 232 g/mol. The Bertz CT molecular complexity index is 286. The molecule has 0 amide bonds. The largest absolute Gasteiger partial charge is 0.462 e. The van der Waals surface area contributed by atoms with E-state index in [-0.39, 0.29) is 6.61 Å². The molecule has 0 radical (unpaired) electrons. The van der Waals surface area contributed by atoms with Gasteiger partial charge in [-0.05, 0) is 0 Å². The molecule has 0 spiro atoms. The molecule has 0 aliphatic rings. The van der Waals surface area contributed by atoms with Crippen molar-refractivity contribution in [3.63, 3.8) is 0 Å². The molecule has 2 unspecified atom stereocenters. The zero-order valence-corrected chi connectivity index (χ0v) is 10.2. The van der Waals surface area contributed by atoms with Crippen LogP contribution in [0.4, 0.5) is 0 Å². The van der Waals surface area contributed by atoms with Crippen molar-refractivity contribution in [2.75, 3.05) is 13.7 Å². The number of esters is 3. The summed E-state index contributed by atoms with van der Waals surface area (Å²) in [5.74, 6) is -1.74. The Morgan fingerprint density at radius 2 is 1.47 bits per heavy atom. The van der Waals surface area contributed by atoms with Crippen molar-refractivity contribution in [2.24, 2.45) is 0 Å². The van der Waals surface area contributed by atoms with Crippen LogP contribution in [0.25, 0.3) is 0 Å². The quantitative estimate of drug-likeness (QED) is 0.372. The molecule has 0 aromatic rings. The number of methoxy groups -OCH3 is 1. The van der Waals surface area contributed by atoms with Gasteiger partial charge in [-0.3, -0.25) is 14.4 Å². The molecule has 0 saturated carbocycles. The van der Waals surface area contributed by atoms with E-state index in [4.69, 9.17) is 14.2 Å². The maximum absolute atomic E-state index is 10.8. The van der Waals surface area contributed by atoms with Crippen LogP contribution in [0.5, 0.6) is 0 Å². The van der Waals surface area contributed by atoms with Crippen LogP contribution in [0.3, 0.4) is 0 Å². The van der Waals surface area contributed by atoms with Crippen LogP contribution in [0.2, 0.25) is 0 Å². The molecule has 0 saturated heterocycles. The van der Waals surface area contributed by atoms with Crippen molar-refractivity contribution in [3.8, 4) is 0 Å². The summed E-state index contributed by atoms with van der Waals surface area (Å²) < 4.78 is 19.1. The highest BCUT2D eigenvalue weighted by Gasteiger charge is 2.28. The number of rotatable bonds is 6. The maximum Gasteiger partial charge on any atom is 0.305 e. The van der Waals surface area contributed by atoms with Crippen molar-refractivity contribution in [2.45, 2.75) is 33.2 Å². The average molecular weight is 248 g/mol. The van der Waals surface area contributed by atoms with Crippen LogP contribution < -0.4 is 0 Å². The van der Waals surface area contributed by atoms with E-state index in [0.29, 0.717) is 0 Å². The molecule has 7 nitrogen and oxygen atoms in total. The minimum absolute atomic E-state index is 0.249. The fourth-order valence-electron chi connectivity index (χ4n) is 1.02. The summed E-state index contributed by atoms with van der Waals surface area (Å²) in [6.45, 7) is 3.32. The second-order valence-corrected chi connectivity index (χ2v) is 3.16. The van der Waals surface area contributed by atoms with Gasteiger partial charge in [-0.2, -0.15) is 0 Å². The summed E-state index contributed by atoms with van der Waals surface area (Å²) in [6, 6.07) is 0. The third kappa shape index (κ3) is 7.29. The number of ether oxygens (including phenoxy) is 4. The van der Waals surface area contributed by atoms with E-state index in [1.807, 2.05) is 0 Å². The molecule has 0 aliphatic carbocycles. The van der Waals surface area contributed by atoms with E-state index in [2.05, 4.69) is 4.74 Å². The van der Waals surface area contributed by atoms with Gasteiger partial charge < -0.3 is 18.9 Å². The van der Waals surface area contributed by atoms with Gasteiger partial charge in [-0.25, -0.2) is 0 Å². The molecule has 2 atom stereocenters. The Balaban J connectivity index is 4.54. The summed E-state index contributed by atoms with van der Waals surface area (Å²) in [6.07, 6.45) is -2.11. The molecule has 0 aliphatic heterocycles. The van der Waals surface area contributed by atoms with Crippen molar-refractivity contribution in [3.05, 3.63) is 0 Å². The molecule has 0 aromatic heterocycles. The first kappa shape index (κ1) is 15.4. The third-order valence-corrected chi connectivity index (χ3v) is 1.59. The first-order chi connectivity index (χ1) is 7.86. The van der Waals surface area contributed by atoms with Gasteiger partial charge in [0.05, 0.1) is 0 Å². The highest BCUT2D eigenvalue weighted by molar-refractivity contribution is 5.67. The third-order valence-electron chi connectivity index (χ3n) is 1.59. The van der Waals surface area contributed by atoms with E-state index in [9.17, 15) is 14.4 Å². The fourth-order valence-corrected chi connectivity index (χ4v) is 1.02. The Kier molecular flexibility index (Phi) is 6.88. The molecule has 0 N–H and O–H groups in total. The second kappa shape index (κ2) is 7.61. The van der Waals surface area contributed by atoms with Gasteiger partial charge in [0.1, 0.15) is 6.61 Å². The van der Waals surface area contributed by atoms with Gasteiger partial charge >= 0.3 is 17.9 Å². The molecule has 0 bridgehead atoms. The molecule has 0 heterocycles.